The SMILES string of the molecule is Cc1cc(Cl)cc2cc(Cl)[nH]c12. The lowest BCUT2D eigenvalue weighted by Crippen LogP contribution is -1.75. The molecule has 1 N–H and O–H groups in total. The molecule has 3 heteroatoms. The van der Waals surface area contributed by atoms with Gasteiger partial charge in [0.05, 0.1) is 0 Å². The summed E-state index contributed by atoms with van der Waals surface area (Å²) in [5, 5.41) is 2.45. The van der Waals surface area contributed by atoms with Gasteiger partial charge in [-0.25, -0.2) is 0 Å². The van der Waals surface area contributed by atoms with Crippen molar-refractivity contribution in [3.63, 3.8) is 0 Å². The Hall–Kier alpha value is -0.660. The molecule has 0 aliphatic rings. The highest BCUT2D eigenvalue weighted by Crippen LogP contribution is 2.25. The van der Waals surface area contributed by atoms with E-state index in [0.717, 1.165) is 21.5 Å². The van der Waals surface area contributed by atoms with E-state index in [1.165, 1.54) is 0 Å². The molecule has 12 heavy (non-hydrogen) atoms. The quantitative estimate of drug-likeness (QED) is 0.665. The smallest absolute Gasteiger partial charge is 0.107 e. The summed E-state index contributed by atoms with van der Waals surface area (Å²) in [6.07, 6.45) is 0. The van der Waals surface area contributed by atoms with Crippen LogP contribution in [-0.2, 0) is 0 Å². The van der Waals surface area contributed by atoms with Crippen molar-refractivity contribution >= 4 is 34.1 Å². The summed E-state index contributed by atoms with van der Waals surface area (Å²) >= 11 is 11.7. The van der Waals surface area contributed by atoms with Crippen LogP contribution in [0.5, 0.6) is 0 Å². The third-order valence-electron chi connectivity index (χ3n) is 1.86. The number of hydrogen-bond donors (Lipinski definition) is 1. The highest BCUT2D eigenvalue weighted by Gasteiger charge is 2.02. The van der Waals surface area contributed by atoms with Gasteiger partial charge in [0.2, 0.25) is 0 Å². The lowest BCUT2D eigenvalue weighted by atomic mass is 10.2. The van der Waals surface area contributed by atoms with Crippen LogP contribution < -0.4 is 0 Å². The maximum absolute atomic E-state index is 5.88. The van der Waals surface area contributed by atoms with E-state index in [2.05, 4.69) is 4.98 Å². The van der Waals surface area contributed by atoms with Crippen molar-refractivity contribution in [3.8, 4) is 0 Å². The molecule has 0 radical (unpaired) electrons. The fourth-order valence-corrected chi connectivity index (χ4v) is 1.84. The Morgan fingerprint density at radius 3 is 2.67 bits per heavy atom. The van der Waals surface area contributed by atoms with Gasteiger partial charge in [-0.05, 0) is 30.7 Å². The van der Waals surface area contributed by atoms with E-state index in [-0.39, 0.29) is 0 Å². The zero-order chi connectivity index (χ0) is 8.72. The Balaban J connectivity index is 2.88. The highest BCUT2D eigenvalue weighted by molar-refractivity contribution is 6.32. The van der Waals surface area contributed by atoms with Crippen molar-refractivity contribution < 1.29 is 0 Å². The van der Waals surface area contributed by atoms with Gasteiger partial charge in [0.1, 0.15) is 5.15 Å². The van der Waals surface area contributed by atoms with E-state index >= 15 is 0 Å². The standard InChI is InChI=1S/C9H7Cl2N/c1-5-2-7(10)3-6-4-8(11)12-9(5)6/h2-4,12H,1H3. The summed E-state index contributed by atoms with van der Waals surface area (Å²) in [5.41, 5.74) is 2.17. The van der Waals surface area contributed by atoms with Crippen molar-refractivity contribution in [2.24, 2.45) is 0 Å². The minimum atomic E-state index is 0.648. The number of aromatic nitrogens is 1. The maximum Gasteiger partial charge on any atom is 0.107 e. The number of hydrogen-bond acceptors (Lipinski definition) is 0. The molecule has 1 heterocycles. The third kappa shape index (κ3) is 1.19. The van der Waals surface area contributed by atoms with Crippen LogP contribution in [0.4, 0.5) is 0 Å². The average molecular weight is 200 g/mol. The van der Waals surface area contributed by atoms with Gasteiger partial charge in [-0.1, -0.05) is 23.2 Å². The van der Waals surface area contributed by atoms with Crippen LogP contribution in [-0.4, -0.2) is 4.98 Å². The molecular weight excluding hydrogens is 193 g/mol. The number of halogens is 2. The monoisotopic (exact) mass is 199 g/mol. The van der Waals surface area contributed by atoms with E-state index in [0.29, 0.717) is 5.15 Å². The molecule has 0 spiro atoms. The number of nitrogens with one attached hydrogen (secondary N) is 1. The molecule has 2 rings (SSSR count). The van der Waals surface area contributed by atoms with Crippen LogP contribution >= 0.6 is 23.2 Å². The van der Waals surface area contributed by atoms with Gasteiger partial charge in [-0.15, -0.1) is 0 Å². The first-order valence-electron chi connectivity index (χ1n) is 3.61. The maximum atomic E-state index is 5.88. The predicted octanol–water partition coefficient (Wildman–Crippen LogP) is 3.78. The topological polar surface area (TPSA) is 15.8 Å². The highest BCUT2D eigenvalue weighted by atomic mass is 35.5. The molecule has 1 aromatic heterocycles. The summed E-state index contributed by atoms with van der Waals surface area (Å²) in [4.78, 5) is 3.06. The molecule has 0 unspecified atom stereocenters. The lowest BCUT2D eigenvalue weighted by molar-refractivity contribution is 1.42. The first kappa shape index (κ1) is 7.96. The number of fused-ring (bicyclic) bond motifs is 1. The number of H-pyrrole nitrogens is 1. The van der Waals surface area contributed by atoms with Crippen molar-refractivity contribution in [1.82, 2.24) is 4.98 Å². The Morgan fingerprint density at radius 1 is 1.17 bits per heavy atom. The lowest BCUT2D eigenvalue weighted by Gasteiger charge is -1.96. The van der Waals surface area contributed by atoms with Crippen molar-refractivity contribution in [2.75, 3.05) is 0 Å². The van der Waals surface area contributed by atoms with Crippen LogP contribution in [0.25, 0.3) is 10.9 Å². The third-order valence-corrected chi connectivity index (χ3v) is 2.28. The van der Waals surface area contributed by atoms with E-state index < -0.39 is 0 Å². The first-order valence-corrected chi connectivity index (χ1v) is 4.37. The molecule has 0 atom stereocenters. The van der Waals surface area contributed by atoms with Gasteiger partial charge < -0.3 is 4.98 Å². The molecule has 1 nitrogen and oxygen atoms in total. The van der Waals surface area contributed by atoms with E-state index in [4.69, 9.17) is 23.2 Å². The number of aromatic amines is 1. The summed E-state index contributed by atoms with van der Waals surface area (Å²) in [7, 11) is 0. The van der Waals surface area contributed by atoms with Crippen LogP contribution in [0, 0.1) is 6.92 Å². The Labute approximate surface area is 80.3 Å². The van der Waals surface area contributed by atoms with Gasteiger partial charge in [-0.3, -0.25) is 0 Å². The summed E-state index contributed by atoms with van der Waals surface area (Å²) in [5.74, 6) is 0. The molecule has 0 aliphatic carbocycles. The molecule has 0 saturated heterocycles. The van der Waals surface area contributed by atoms with E-state index in [1.54, 1.807) is 0 Å². The zero-order valence-corrected chi connectivity index (χ0v) is 8.00. The second kappa shape index (κ2) is 2.68. The fraction of sp³-hybridized carbons (Fsp3) is 0.111. The molecule has 0 amide bonds. The largest absolute Gasteiger partial charge is 0.345 e. The molecule has 2 aromatic rings. The molecule has 0 saturated carbocycles. The molecule has 1 aromatic carbocycles. The molecule has 0 aliphatic heterocycles. The summed E-state index contributed by atoms with van der Waals surface area (Å²) in [6.45, 7) is 2.00. The van der Waals surface area contributed by atoms with Gasteiger partial charge in [0, 0.05) is 15.9 Å². The van der Waals surface area contributed by atoms with Gasteiger partial charge in [0.15, 0.2) is 0 Å². The first-order chi connectivity index (χ1) is 5.66. The van der Waals surface area contributed by atoms with Crippen LogP contribution in [0.15, 0.2) is 18.2 Å². The Morgan fingerprint density at radius 2 is 1.92 bits per heavy atom. The van der Waals surface area contributed by atoms with E-state index in [1.807, 2.05) is 25.1 Å². The molecule has 0 fully saturated rings. The summed E-state index contributed by atoms with van der Waals surface area (Å²) in [6, 6.07) is 5.68. The number of aryl methyl sites for hydroxylation is 1. The van der Waals surface area contributed by atoms with Crippen LogP contribution in [0.1, 0.15) is 5.56 Å². The van der Waals surface area contributed by atoms with Gasteiger partial charge >= 0.3 is 0 Å². The number of benzene rings is 1. The molecule has 62 valence electrons. The van der Waals surface area contributed by atoms with Crippen molar-refractivity contribution in [2.45, 2.75) is 6.92 Å². The van der Waals surface area contributed by atoms with Crippen LogP contribution in [0.2, 0.25) is 10.2 Å². The summed E-state index contributed by atoms with van der Waals surface area (Å²) < 4.78 is 0. The van der Waals surface area contributed by atoms with Gasteiger partial charge in [-0.2, -0.15) is 0 Å². The Kier molecular flexibility index (Phi) is 1.78. The van der Waals surface area contributed by atoms with Crippen molar-refractivity contribution in [1.29, 1.82) is 0 Å². The second-order valence-electron chi connectivity index (χ2n) is 2.80. The minimum absolute atomic E-state index is 0.648. The predicted molar refractivity (Wildman–Crippen MR) is 53.1 cm³/mol. The molecular formula is C9H7Cl2N. The minimum Gasteiger partial charge on any atom is -0.345 e. The average Bonchev–Trinajstić information content (AvgIpc) is 2.29. The van der Waals surface area contributed by atoms with Gasteiger partial charge in [0.25, 0.3) is 0 Å². The van der Waals surface area contributed by atoms with E-state index in [9.17, 15) is 0 Å². The fourth-order valence-electron chi connectivity index (χ4n) is 1.35. The van der Waals surface area contributed by atoms with Crippen LogP contribution in [0.3, 0.4) is 0 Å². The number of rotatable bonds is 0. The molecule has 0 bridgehead atoms. The van der Waals surface area contributed by atoms with Crippen molar-refractivity contribution in [3.05, 3.63) is 33.9 Å². The zero-order valence-electron chi connectivity index (χ0n) is 6.49. The Bertz CT molecular complexity index is 431. The second-order valence-corrected chi connectivity index (χ2v) is 3.65. The normalized spacial score (nSPS) is 10.9.